The molecule has 0 aromatic carbocycles. The van der Waals surface area contributed by atoms with Gasteiger partial charge in [0, 0.05) is 13.1 Å². The standard InChI is InChI=1S/C12H19ClN2O3S2/c1-8(2)9(3)14-11(16)7-15(4)20(17,18)12-6-5-10(13)19-12/h5-6,8-9H,7H2,1-4H3,(H,14,16). The number of nitrogens with zero attached hydrogens (tertiary/aromatic N) is 1. The SMILES string of the molecule is CC(C)C(C)NC(=O)CN(C)S(=O)(=O)c1ccc(Cl)s1. The number of thiophene rings is 1. The molecule has 0 bridgehead atoms. The lowest BCUT2D eigenvalue weighted by Gasteiger charge is -2.20. The van der Waals surface area contributed by atoms with Gasteiger partial charge in [-0.25, -0.2) is 8.42 Å². The summed E-state index contributed by atoms with van der Waals surface area (Å²) < 4.78 is 26.0. The molecule has 0 aliphatic carbocycles. The zero-order valence-corrected chi connectivity index (χ0v) is 14.3. The van der Waals surface area contributed by atoms with Crippen LogP contribution in [0, 0.1) is 5.92 Å². The number of hydrogen-bond donors (Lipinski definition) is 1. The third-order valence-electron chi connectivity index (χ3n) is 2.97. The predicted octanol–water partition coefficient (Wildman–Crippen LogP) is 2.18. The molecule has 0 aliphatic rings. The monoisotopic (exact) mass is 338 g/mol. The molecule has 1 amide bonds. The Labute approximate surface area is 129 Å². The highest BCUT2D eigenvalue weighted by Gasteiger charge is 2.25. The summed E-state index contributed by atoms with van der Waals surface area (Å²) in [5.41, 5.74) is 0. The smallest absolute Gasteiger partial charge is 0.252 e. The molecule has 1 atom stereocenters. The van der Waals surface area contributed by atoms with Crippen LogP contribution in [0.1, 0.15) is 20.8 Å². The largest absolute Gasteiger partial charge is 0.352 e. The topological polar surface area (TPSA) is 66.5 Å². The lowest BCUT2D eigenvalue weighted by molar-refractivity contribution is -0.122. The number of likely N-dealkylation sites (N-methyl/N-ethyl adjacent to an activating group) is 1. The fraction of sp³-hybridized carbons (Fsp3) is 0.583. The number of rotatable bonds is 6. The molecule has 0 fully saturated rings. The number of halogens is 1. The maximum absolute atomic E-state index is 12.2. The molecule has 1 heterocycles. The second-order valence-corrected chi connectivity index (χ2v) is 8.91. The molecule has 0 spiro atoms. The molecule has 0 radical (unpaired) electrons. The maximum Gasteiger partial charge on any atom is 0.252 e. The van der Waals surface area contributed by atoms with Gasteiger partial charge in [0.25, 0.3) is 10.0 Å². The quantitative estimate of drug-likeness (QED) is 0.864. The molecule has 1 aromatic heterocycles. The first kappa shape index (κ1) is 17.4. The molecular weight excluding hydrogens is 320 g/mol. The fourth-order valence-corrected chi connectivity index (χ4v) is 4.16. The van der Waals surface area contributed by atoms with Crippen molar-refractivity contribution >= 4 is 38.9 Å². The van der Waals surface area contributed by atoms with E-state index in [4.69, 9.17) is 11.6 Å². The van der Waals surface area contributed by atoms with E-state index >= 15 is 0 Å². The van der Waals surface area contributed by atoms with Crippen molar-refractivity contribution in [2.24, 2.45) is 5.92 Å². The van der Waals surface area contributed by atoms with Crippen molar-refractivity contribution in [1.82, 2.24) is 9.62 Å². The van der Waals surface area contributed by atoms with Crippen LogP contribution in [0.15, 0.2) is 16.3 Å². The molecule has 20 heavy (non-hydrogen) atoms. The van der Waals surface area contributed by atoms with E-state index in [9.17, 15) is 13.2 Å². The number of sulfonamides is 1. The van der Waals surface area contributed by atoms with Crippen molar-refractivity contribution in [3.05, 3.63) is 16.5 Å². The Balaban J connectivity index is 2.71. The lowest BCUT2D eigenvalue weighted by atomic mass is 10.1. The van der Waals surface area contributed by atoms with Crippen LogP contribution >= 0.6 is 22.9 Å². The summed E-state index contributed by atoms with van der Waals surface area (Å²) in [5, 5.41) is 2.77. The minimum absolute atomic E-state index is 0.00483. The van der Waals surface area contributed by atoms with Crippen molar-refractivity contribution in [1.29, 1.82) is 0 Å². The van der Waals surface area contributed by atoms with Crippen molar-refractivity contribution in [2.45, 2.75) is 31.0 Å². The number of carbonyl (C=O) groups excluding carboxylic acids is 1. The van der Waals surface area contributed by atoms with Crippen LogP contribution in [-0.4, -0.2) is 38.3 Å². The van der Waals surface area contributed by atoms with Gasteiger partial charge in [0.15, 0.2) is 0 Å². The molecule has 0 saturated heterocycles. The van der Waals surface area contributed by atoms with Crippen LogP contribution in [0.5, 0.6) is 0 Å². The summed E-state index contributed by atoms with van der Waals surface area (Å²) >= 11 is 6.71. The Bertz CT molecular complexity index is 569. The number of hydrogen-bond acceptors (Lipinski definition) is 4. The first-order valence-corrected chi connectivity index (χ1v) is 8.79. The average molecular weight is 339 g/mol. The van der Waals surface area contributed by atoms with Crippen molar-refractivity contribution in [3.63, 3.8) is 0 Å². The molecular formula is C12H19ClN2O3S2. The molecule has 8 heteroatoms. The number of amides is 1. The summed E-state index contributed by atoms with van der Waals surface area (Å²) in [6.07, 6.45) is 0. The Hall–Kier alpha value is -0.630. The van der Waals surface area contributed by atoms with Gasteiger partial charge in [-0.2, -0.15) is 4.31 Å². The zero-order valence-electron chi connectivity index (χ0n) is 11.9. The van der Waals surface area contributed by atoms with Gasteiger partial charge in [-0.3, -0.25) is 4.79 Å². The van der Waals surface area contributed by atoms with Gasteiger partial charge >= 0.3 is 0 Å². The van der Waals surface area contributed by atoms with Crippen molar-refractivity contribution < 1.29 is 13.2 Å². The molecule has 0 aliphatic heterocycles. The average Bonchev–Trinajstić information content (AvgIpc) is 2.75. The summed E-state index contributed by atoms with van der Waals surface area (Å²) in [4.78, 5) is 11.8. The Kier molecular flexibility index (Phi) is 6.00. The molecule has 0 saturated carbocycles. The molecule has 1 rings (SSSR count). The zero-order chi connectivity index (χ0) is 15.5. The second kappa shape index (κ2) is 6.89. The summed E-state index contributed by atoms with van der Waals surface area (Å²) in [5.74, 6) is -0.0307. The highest BCUT2D eigenvalue weighted by Crippen LogP contribution is 2.27. The van der Waals surface area contributed by atoms with Crippen LogP contribution in [0.3, 0.4) is 0 Å². The van der Waals surface area contributed by atoms with Gasteiger partial charge in [-0.1, -0.05) is 25.4 Å². The Morgan fingerprint density at radius 1 is 1.40 bits per heavy atom. The van der Waals surface area contributed by atoms with Crippen molar-refractivity contribution in [3.8, 4) is 0 Å². The first-order chi connectivity index (χ1) is 9.14. The summed E-state index contributed by atoms with van der Waals surface area (Å²) in [6, 6.07) is 2.95. The van der Waals surface area contributed by atoms with Gasteiger partial charge in [-0.05, 0) is 25.0 Å². The van der Waals surface area contributed by atoms with Crippen LogP contribution < -0.4 is 5.32 Å². The van der Waals surface area contributed by atoms with E-state index in [-0.39, 0.29) is 28.6 Å². The molecule has 114 valence electrons. The van der Waals surface area contributed by atoms with Gasteiger partial charge in [0.05, 0.1) is 10.9 Å². The van der Waals surface area contributed by atoms with Crippen LogP contribution in [-0.2, 0) is 14.8 Å². The third kappa shape index (κ3) is 4.44. The molecule has 1 unspecified atom stereocenters. The van der Waals surface area contributed by atoms with Gasteiger partial charge in [0.2, 0.25) is 5.91 Å². The van der Waals surface area contributed by atoms with E-state index in [1.807, 2.05) is 20.8 Å². The van der Waals surface area contributed by atoms with E-state index in [1.165, 1.54) is 19.2 Å². The fourth-order valence-electron chi connectivity index (χ4n) is 1.34. The second-order valence-electron chi connectivity index (χ2n) is 4.92. The Morgan fingerprint density at radius 3 is 2.45 bits per heavy atom. The van der Waals surface area contributed by atoms with Crippen LogP contribution in [0.25, 0.3) is 0 Å². The maximum atomic E-state index is 12.2. The van der Waals surface area contributed by atoms with E-state index < -0.39 is 10.0 Å². The van der Waals surface area contributed by atoms with E-state index in [0.717, 1.165) is 15.6 Å². The lowest BCUT2D eigenvalue weighted by Crippen LogP contribution is -2.43. The highest BCUT2D eigenvalue weighted by atomic mass is 35.5. The normalized spacial score (nSPS) is 13.8. The van der Waals surface area contributed by atoms with E-state index in [0.29, 0.717) is 4.34 Å². The predicted molar refractivity (Wildman–Crippen MR) is 81.6 cm³/mol. The number of carbonyl (C=O) groups is 1. The highest BCUT2D eigenvalue weighted by molar-refractivity contribution is 7.91. The third-order valence-corrected chi connectivity index (χ3v) is 6.47. The van der Waals surface area contributed by atoms with Gasteiger partial charge < -0.3 is 5.32 Å². The summed E-state index contributed by atoms with van der Waals surface area (Å²) in [6.45, 7) is 5.64. The first-order valence-electron chi connectivity index (χ1n) is 6.15. The van der Waals surface area contributed by atoms with E-state index in [1.54, 1.807) is 0 Å². The van der Waals surface area contributed by atoms with Gasteiger partial charge in [-0.15, -0.1) is 11.3 Å². The van der Waals surface area contributed by atoms with Crippen molar-refractivity contribution in [2.75, 3.05) is 13.6 Å². The molecule has 5 nitrogen and oxygen atoms in total. The molecule has 1 N–H and O–H groups in total. The molecule has 1 aromatic rings. The summed E-state index contributed by atoms with van der Waals surface area (Å²) in [7, 11) is -2.29. The number of nitrogens with one attached hydrogen (secondary N) is 1. The van der Waals surface area contributed by atoms with Crippen LogP contribution in [0.2, 0.25) is 4.34 Å². The minimum atomic E-state index is -3.66. The van der Waals surface area contributed by atoms with E-state index in [2.05, 4.69) is 5.32 Å². The minimum Gasteiger partial charge on any atom is -0.352 e. The Morgan fingerprint density at radius 2 is 2.00 bits per heavy atom. The van der Waals surface area contributed by atoms with Crippen LogP contribution in [0.4, 0.5) is 0 Å². The van der Waals surface area contributed by atoms with Gasteiger partial charge in [0.1, 0.15) is 4.21 Å².